The lowest BCUT2D eigenvalue weighted by Crippen LogP contribution is -2.26. The van der Waals surface area contributed by atoms with Gasteiger partial charge in [-0.05, 0) is 35.7 Å². The van der Waals surface area contributed by atoms with Crippen LogP contribution in [-0.4, -0.2) is 20.1 Å². The number of nitrogens with one attached hydrogen (secondary N) is 1. The summed E-state index contributed by atoms with van der Waals surface area (Å²) in [4.78, 5) is -0.273. The molecule has 2 aromatic rings. The van der Waals surface area contributed by atoms with E-state index >= 15 is 0 Å². The second-order valence-corrected chi connectivity index (χ2v) is 6.84. The van der Waals surface area contributed by atoms with Crippen LogP contribution < -0.4 is 4.72 Å². The Kier molecular flexibility index (Phi) is 5.52. The second-order valence-electron chi connectivity index (χ2n) is 4.70. The van der Waals surface area contributed by atoms with Crippen molar-refractivity contribution in [2.45, 2.75) is 17.9 Å². The molecule has 0 aromatic heterocycles. The maximum absolute atomic E-state index is 13.2. The number of hydrogen-bond acceptors (Lipinski definition) is 3. The minimum atomic E-state index is -3.86. The first-order valence-corrected chi connectivity index (χ1v) is 8.42. The Morgan fingerprint density at radius 2 is 1.73 bits per heavy atom. The van der Waals surface area contributed by atoms with Crippen molar-refractivity contribution >= 4 is 21.6 Å². The Morgan fingerprint density at radius 3 is 2.36 bits per heavy atom. The zero-order valence-electron chi connectivity index (χ0n) is 11.6. The zero-order chi connectivity index (χ0) is 16.2. The number of sulfonamides is 1. The van der Waals surface area contributed by atoms with Crippen molar-refractivity contribution < 1.29 is 17.9 Å². The standard InChI is InChI=1S/C15H15ClFNO3S/c16-14-6-5-13(17)9-15(14)22(20,21)18-8-7-11-1-3-12(10-19)4-2-11/h1-6,9,18-19H,7-8,10H2. The summed E-state index contributed by atoms with van der Waals surface area (Å²) in [5.74, 6) is -0.663. The number of aliphatic hydroxyl groups is 1. The van der Waals surface area contributed by atoms with E-state index in [2.05, 4.69) is 4.72 Å². The number of halogens is 2. The number of benzene rings is 2. The Hall–Kier alpha value is -1.47. The SMILES string of the molecule is O=S(=O)(NCCc1ccc(CO)cc1)c1cc(F)ccc1Cl. The highest BCUT2D eigenvalue weighted by Gasteiger charge is 2.18. The summed E-state index contributed by atoms with van der Waals surface area (Å²) in [6.07, 6.45) is 0.470. The van der Waals surface area contributed by atoms with Gasteiger partial charge in [-0.1, -0.05) is 35.9 Å². The van der Waals surface area contributed by atoms with E-state index in [1.54, 1.807) is 12.1 Å². The van der Waals surface area contributed by atoms with Gasteiger partial charge in [0.25, 0.3) is 0 Å². The van der Waals surface area contributed by atoms with E-state index in [0.29, 0.717) is 6.42 Å². The molecular weight excluding hydrogens is 329 g/mol. The van der Waals surface area contributed by atoms with Crippen LogP contribution in [0.3, 0.4) is 0 Å². The molecule has 0 aliphatic heterocycles. The van der Waals surface area contributed by atoms with E-state index in [-0.39, 0.29) is 23.1 Å². The molecule has 2 rings (SSSR count). The highest BCUT2D eigenvalue weighted by molar-refractivity contribution is 7.89. The summed E-state index contributed by atoms with van der Waals surface area (Å²) in [5, 5.41) is 8.92. The summed E-state index contributed by atoms with van der Waals surface area (Å²) >= 11 is 5.80. The Balaban J connectivity index is 2.01. The molecule has 0 unspecified atom stereocenters. The highest BCUT2D eigenvalue weighted by atomic mass is 35.5. The molecule has 0 fully saturated rings. The van der Waals surface area contributed by atoms with Gasteiger partial charge < -0.3 is 5.11 Å². The molecule has 4 nitrogen and oxygen atoms in total. The van der Waals surface area contributed by atoms with Gasteiger partial charge in [0.05, 0.1) is 11.6 Å². The third-order valence-electron chi connectivity index (χ3n) is 3.09. The Morgan fingerprint density at radius 1 is 1.09 bits per heavy atom. The van der Waals surface area contributed by atoms with Crippen molar-refractivity contribution in [3.63, 3.8) is 0 Å². The molecule has 0 spiro atoms. The van der Waals surface area contributed by atoms with Crippen LogP contribution in [-0.2, 0) is 23.1 Å². The van der Waals surface area contributed by atoms with E-state index in [4.69, 9.17) is 16.7 Å². The van der Waals surface area contributed by atoms with Crippen LogP contribution in [0.25, 0.3) is 0 Å². The quantitative estimate of drug-likeness (QED) is 0.847. The van der Waals surface area contributed by atoms with Gasteiger partial charge in [-0.3, -0.25) is 0 Å². The van der Waals surface area contributed by atoms with Crippen LogP contribution in [0.15, 0.2) is 47.4 Å². The molecule has 0 atom stereocenters. The predicted octanol–water partition coefficient (Wildman–Crippen LogP) is 2.49. The fourth-order valence-corrected chi connectivity index (χ4v) is 3.44. The molecule has 0 amide bonds. The molecule has 0 aliphatic rings. The second kappa shape index (κ2) is 7.19. The average molecular weight is 344 g/mol. The van der Waals surface area contributed by atoms with Crippen LogP contribution in [0.2, 0.25) is 5.02 Å². The lowest BCUT2D eigenvalue weighted by atomic mass is 10.1. The summed E-state index contributed by atoms with van der Waals surface area (Å²) in [6.45, 7) is 0.124. The van der Waals surface area contributed by atoms with E-state index in [1.165, 1.54) is 6.07 Å². The minimum Gasteiger partial charge on any atom is -0.392 e. The van der Waals surface area contributed by atoms with Crippen molar-refractivity contribution in [2.24, 2.45) is 0 Å². The monoisotopic (exact) mass is 343 g/mol. The molecule has 0 radical (unpaired) electrons. The van der Waals surface area contributed by atoms with Crippen molar-refractivity contribution in [3.05, 3.63) is 64.4 Å². The van der Waals surface area contributed by atoms with E-state index in [1.807, 2.05) is 12.1 Å². The van der Waals surface area contributed by atoms with Crippen LogP contribution in [0, 0.1) is 5.82 Å². The van der Waals surface area contributed by atoms with Gasteiger partial charge in [0.1, 0.15) is 10.7 Å². The number of rotatable bonds is 6. The lowest BCUT2D eigenvalue weighted by molar-refractivity contribution is 0.282. The van der Waals surface area contributed by atoms with Gasteiger partial charge in [0.15, 0.2) is 0 Å². The largest absolute Gasteiger partial charge is 0.392 e. The van der Waals surface area contributed by atoms with Gasteiger partial charge in [-0.15, -0.1) is 0 Å². The molecule has 2 aromatic carbocycles. The molecular formula is C15H15ClFNO3S. The smallest absolute Gasteiger partial charge is 0.242 e. The lowest BCUT2D eigenvalue weighted by Gasteiger charge is -2.09. The normalized spacial score (nSPS) is 11.6. The van der Waals surface area contributed by atoms with Crippen molar-refractivity contribution in [2.75, 3.05) is 6.54 Å². The third kappa shape index (κ3) is 4.27. The molecule has 0 saturated carbocycles. The average Bonchev–Trinajstić information content (AvgIpc) is 2.50. The van der Waals surface area contributed by atoms with E-state index in [0.717, 1.165) is 23.3 Å². The van der Waals surface area contributed by atoms with Crippen LogP contribution >= 0.6 is 11.6 Å². The van der Waals surface area contributed by atoms with Gasteiger partial charge in [-0.2, -0.15) is 0 Å². The highest BCUT2D eigenvalue weighted by Crippen LogP contribution is 2.21. The molecule has 0 bridgehead atoms. The van der Waals surface area contributed by atoms with Crippen molar-refractivity contribution in [1.29, 1.82) is 0 Å². The van der Waals surface area contributed by atoms with Gasteiger partial charge in [0, 0.05) is 6.54 Å². The molecule has 0 saturated heterocycles. The maximum Gasteiger partial charge on any atom is 0.242 e. The van der Waals surface area contributed by atoms with Crippen LogP contribution in [0.5, 0.6) is 0 Å². The maximum atomic E-state index is 13.2. The minimum absolute atomic E-state index is 0.0267. The summed E-state index contributed by atoms with van der Waals surface area (Å²) in [5.41, 5.74) is 1.71. The molecule has 7 heteroatoms. The molecule has 118 valence electrons. The molecule has 0 aliphatic carbocycles. The topological polar surface area (TPSA) is 66.4 Å². The van der Waals surface area contributed by atoms with Gasteiger partial charge in [-0.25, -0.2) is 17.5 Å². The summed E-state index contributed by atoms with van der Waals surface area (Å²) in [7, 11) is -3.86. The van der Waals surface area contributed by atoms with Crippen molar-refractivity contribution in [3.8, 4) is 0 Å². The molecule has 22 heavy (non-hydrogen) atoms. The predicted molar refractivity (Wildman–Crippen MR) is 82.7 cm³/mol. The first-order valence-electron chi connectivity index (χ1n) is 6.56. The van der Waals surface area contributed by atoms with Crippen LogP contribution in [0.1, 0.15) is 11.1 Å². The first kappa shape index (κ1) is 16.9. The molecule has 0 heterocycles. The summed E-state index contributed by atoms with van der Waals surface area (Å²) in [6, 6.07) is 10.4. The van der Waals surface area contributed by atoms with Gasteiger partial charge >= 0.3 is 0 Å². The third-order valence-corrected chi connectivity index (χ3v) is 5.04. The van der Waals surface area contributed by atoms with E-state index in [9.17, 15) is 12.8 Å². The zero-order valence-corrected chi connectivity index (χ0v) is 13.2. The first-order chi connectivity index (χ1) is 10.4. The fraction of sp³-hybridized carbons (Fsp3) is 0.200. The number of aliphatic hydroxyl groups excluding tert-OH is 1. The van der Waals surface area contributed by atoms with E-state index < -0.39 is 15.8 Å². The van der Waals surface area contributed by atoms with Crippen molar-refractivity contribution in [1.82, 2.24) is 4.72 Å². The molecule has 2 N–H and O–H groups in total. The Bertz CT molecular complexity index is 748. The van der Waals surface area contributed by atoms with Gasteiger partial charge in [0.2, 0.25) is 10.0 Å². The summed E-state index contributed by atoms with van der Waals surface area (Å²) < 4.78 is 39.8. The number of hydrogen-bond donors (Lipinski definition) is 2. The van der Waals surface area contributed by atoms with Crippen LogP contribution in [0.4, 0.5) is 4.39 Å². The Labute approximate surface area is 133 Å². The fourth-order valence-electron chi connectivity index (χ4n) is 1.90.